The molecule has 2 N–H and O–H groups in total. The van der Waals surface area contributed by atoms with Gasteiger partial charge in [0.2, 0.25) is 0 Å². The van der Waals surface area contributed by atoms with Crippen LogP contribution in [0, 0.1) is 6.92 Å². The van der Waals surface area contributed by atoms with Crippen LogP contribution in [-0.2, 0) is 0 Å². The third-order valence-electron chi connectivity index (χ3n) is 3.47. The Labute approximate surface area is 97.8 Å². The molecule has 0 bridgehead atoms. The van der Waals surface area contributed by atoms with Crippen LogP contribution in [0.3, 0.4) is 0 Å². The summed E-state index contributed by atoms with van der Waals surface area (Å²) in [6.07, 6.45) is 1.24. The van der Waals surface area contributed by atoms with Crippen molar-refractivity contribution in [3.63, 3.8) is 0 Å². The van der Waals surface area contributed by atoms with Crippen LogP contribution in [-0.4, -0.2) is 38.1 Å². The van der Waals surface area contributed by atoms with Gasteiger partial charge in [0.15, 0.2) is 0 Å². The average Bonchev–Trinajstić information content (AvgIpc) is 2.70. The fourth-order valence-electron chi connectivity index (χ4n) is 2.35. The van der Waals surface area contributed by atoms with Gasteiger partial charge in [0.1, 0.15) is 0 Å². The minimum atomic E-state index is 0.667. The van der Waals surface area contributed by atoms with E-state index in [0.717, 1.165) is 18.8 Å². The van der Waals surface area contributed by atoms with E-state index in [1.54, 1.807) is 0 Å². The third-order valence-corrected chi connectivity index (χ3v) is 3.47. The van der Waals surface area contributed by atoms with Gasteiger partial charge in [-0.1, -0.05) is 6.07 Å². The van der Waals surface area contributed by atoms with Gasteiger partial charge in [-0.25, -0.2) is 0 Å². The van der Waals surface area contributed by atoms with Crippen LogP contribution in [0.1, 0.15) is 12.0 Å². The van der Waals surface area contributed by atoms with Crippen LogP contribution >= 0.6 is 0 Å². The Kier molecular flexibility index (Phi) is 3.06. The zero-order chi connectivity index (χ0) is 11.7. The Bertz CT molecular complexity index is 373. The molecule has 88 valence electrons. The number of likely N-dealkylation sites (N-methyl/N-ethyl adjacent to an activating group) is 1. The van der Waals surface area contributed by atoms with Crippen molar-refractivity contribution < 1.29 is 0 Å². The van der Waals surface area contributed by atoms with E-state index in [4.69, 9.17) is 5.73 Å². The summed E-state index contributed by atoms with van der Waals surface area (Å²) in [7, 11) is 4.31. The van der Waals surface area contributed by atoms with Crippen LogP contribution in [0.25, 0.3) is 0 Å². The molecule has 0 aliphatic carbocycles. The molecule has 1 aromatic rings. The average molecular weight is 219 g/mol. The number of aryl methyl sites for hydroxylation is 1. The normalized spacial score (nSPS) is 20.8. The van der Waals surface area contributed by atoms with Crippen molar-refractivity contribution >= 4 is 11.4 Å². The summed E-state index contributed by atoms with van der Waals surface area (Å²) in [4.78, 5) is 4.75. The van der Waals surface area contributed by atoms with Crippen LogP contribution < -0.4 is 10.6 Å². The van der Waals surface area contributed by atoms with Crippen LogP contribution in [0.2, 0.25) is 0 Å². The molecule has 0 saturated carbocycles. The smallest absolute Gasteiger partial charge is 0.0417 e. The lowest BCUT2D eigenvalue weighted by Gasteiger charge is -2.23. The number of hydrogen-bond acceptors (Lipinski definition) is 3. The number of nitrogen functional groups attached to an aromatic ring is 1. The molecule has 1 heterocycles. The van der Waals surface area contributed by atoms with Crippen LogP contribution in [0.5, 0.6) is 0 Å². The molecule has 0 aromatic heterocycles. The first-order valence-electron chi connectivity index (χ1n) is 5.85. The molecule has 1 fully saturated rings. The van der Waals surface area contributed by atoms with Crippen molar-refractivity contribution in [2.45, 2.75) is 19.4 Å². The fraction of sp³-hybridized carbons (Fsp3) is 0.538. The van der Waals surface area contributed by atoms with E-state index < -0.39 is 0 Å². The predicted molar refractivity (Wildman–Crippen MR) is 69.9 cm³/mol. The first-order valence-corrected chi connectivity index (χ1v) is 5.85. The molecule has 1 unspecified atom stereocenters. The van der Waals surface area contributed by atoms with Crippen molar-refractivity contribution in [3.8, 4) is 0 Å². The number of rotatable bonds is 2. The quantitative estimate of drug-likeness (QED) is 0.769. The third kappa shape index (κ3) is 2.14. The second kappa shape index (κ2) is 4.34. The minimum Gasteiger partial charge on any atom is -0.399 e. The van der Waals surface area contributed by atoms with E-state index in [0.29, 0.717) is 6.04 Å². The molecular weight excluding hydrogens is 198 g/mol. The lowest BCUT2D eigenvalue weighted by Crippen LogP contribution is -2.31. The molecule has 0 amide bonds. The monoisotopic (exact) mass is 219 g/mol. The Morgan fingerprint density at radius 1 is 1.38 bits per heavy atom. The molecule has 16 heavy (non-hydrogen) atoms. The molecule has 3 heteroatoms. The van der Waals surface area contributed by atoms with Gasteiger partial charge in [0.25, 0.3) is 0 Å². The van der Waals surface area contributed by atoms with Gasteiger partial charge in [-0.05, 0) is 45.1 Å². The molecule has 1 aromatic carbocycles. The van der Waals surface area contributed by atoms with Gasteiger partial charge in [0, 0.05) is 30.5 Å². The first kappa shape index (κ1) is 11.3. The van der Waals surface area contributed by atoms with Crippen molar-refractivity contribution in [2.24, 2.45) is 0 Å². The zero-order valence-electron chi connectivity index (χ0n) is 10.4. The Hall–Kier alpha value is -1.22. The fourth-order valence-corrected chi connectivity index (χ4v) is 2.35. The maximum absolute atomic E-state index is 5.85. The van der Waals surface area contributed by atoms with Crippen molar-refractivity contribution in [2.75, 3.05) is 37.8 Å². The maximum atomic E-state index is 5.85. The van der Waals surface area contributed by atoms with E-state index in [2.05, 4.69) is 43.0 Å². The van der Waals surface area contributed by atoms with E-state index in [-0.39, 0.29) is 0 Å². The highest BCUT2D eigenvalue weighted by Crippen LogP contribution is 2.27. The minimum absolute atomic E-state index is 0.667. The van der Waals surface area contributed by atoms with Gasteiger partial charge in [0.05, 0.1) is 0 Å². The summed E-state index contributed by atoms with van der Waals surface area (Å²) in [5.74, 6) is 0. The van der Waals surface area contributed by atoms with Crippen LogP contribution in [0.15, 0.2) is 18.2 Å². The van der Waals surface area contributed by atoms with Crippen molar-refractivity contribution in [1.82, 2.24) is 4.90 Å². The van der Waals surface area contributed by atoms with Gasteiger partial charge < -0.3 is 15.5 Å². The Morgan fingerprint density at radius 2 is 2.12 bits per heavy atom. The Balaban J connectivity index is 2.17. The van der Waals surface area contributed by atoms with Gasteiger partial charge in [-0.3, -0.25) is 0 Å². The topological polar surface area (TPSA) is 32.5 Å². The van der Waals surface area contributed by atoms with Gasteiger partial charge in [-0.15, -0.1) is 0 Å². The van der Waals surface area contributed by atoms with Gasteiger partial charge >= 0.3 is 0 Å². The number of nitrogens with two attached hydrogens (primary N) is 1. The predicted octanol–water partition coefficient (Wildman–Crippen LogP) is 1.72. The molecule has 1 saturated heterocycles. The Morgan fingerprint density at radius 3 is 2.75 bits per heavy atom. The number of benzene rings is 1. The van der Waals surface area contributed by atoms with E-state index >= 15 is 0 Å². The molecule has 0 radical (unpaired) electrons. The molecule has 1 aliphatic heterocycles. The molecule has 3 nitrogen and oxygen atoms in total. The summed E-state index contributed by atoms with van der Waals surface area (Å²) < 4.78 is 0. The summed E-state index contributed by atoms with van der Waals surface area (Å²) in [6, 6.07) is 6.83. The summed E-state index contributed by atoms with van der Waals surface area (Å²) >= 11 is 0. The lowest BCUT2D eigenvalue weighted by atomic mass is 10.1. The largest absolute Gasteiger partial charge is 0.399 e. The molecule has 0 spiro atoms. The maximum Gasteiger partial charge on any atom is 0.0417 e. The highest BCUT2D eigenvalue weighted by atomic mass is 15.2. The highest BCUT2D eigenvalue weighted by molar-refractivity contribution is 5.61. The second-order valence-electron chi connectivity index (χ2n) is 4.90. The molecule has 2 rings (SSSR count). The SMILES string of the molecule is Cc1ccc(N)cc1N1CCC(N(C)C)C1. The molecule has 1 aliphatic rings. The van der Waals surface area contributed by atoms with Crippen molar-refractivity contribution in [3.05, 3.63) is 23.8 Å². The van der Waals surface area contributed by atoms with E-state index in [1.807, 2.05) is 6.07 Å². The number of hydrogen-bond donors (Lipinski definition) is 1. The van der Waals surface area contributed by atoms with Gasteiger partial charge in [-0.2, -0.15) is 0 Å². The standard InChI is InChI=1S/C13H21N3/c1-10-4-5-11(14)8-13(10)16-7-6-12(9-16)15(2)3/h4-5,8,12H,6-7,9,14H2,1-3H3. The highest BCUT2D eigenvalue weighted by Gasteiger charge is 2.24. The zero-order valence-corrected chi connectivity index (χ0v) is 10.4. The summed E-state index contributed by atoms with van der Waals surface area (Å²) in [5.41, 5.74) is 9.32. The number of anilines is 2. The number of nitrogens with zero attached hydrogens (tertiary/aromatic N) is 2. The molecular formula is C13H21N3. The summed E-state index contributed by atoms with van der Waals surface area (Å²) in [6.45, 7) is 4.39. The van der Waals surface area contributed by atoms with E-state index in [1.165, 1.54) is 17.7 Å². The second-order valence-corrected chi connectivity index (χ2v) is 4.90. The summed E-state index contributed by atoms with van der Waals surface area (Å²) in [5, 5.41) is 0. The first-order chi connectivity index (χ1) is 7.58. The van der Waals surface area contributed by atoms with E-state index in [9.17, 15) is 0 Å². The lowest BCUT2D eigenvalue weighted by molar-refractivity contribution is 0.315. The van der Waals surface area contributed by atoms with Crippen LogP contribution in [0.4, 0.5) is 11.4 Å². The van der Waals surface area contributed by atoms with Crippen molar-refractivity contribution in [1.29, 1.82) is 0 Å². The molecule has 1 atom stereocenters.